The molecule has 4 rings (SSSR count). The van der Waals surface area contributed by atoms with Crippen LogP contribution in [0, 0.1) is 23.0 Å². The molecule has 1 saturated carbocycles. The number of rotatable bonds is 6. The summed E-state index contributed by atoms with van der Waals surface area (Å²) in [5, 5.41) is 14.0. The van der Waals surface area contributed by atoms with Crippen LogP contribution in [-0.2, 0) is 4.79 Å². The number of carbonyl (C=O) groups is 2. The van der Waals surface area contributed by atoms with Crippen LogP contribution in [0.4, 0.5) is 11.4 Å². The maximum absolute atomic E-state index is 13.3. The number of non-ortho nitro benzene ring substituents is 1. The minimum absolute atomic E-state index is 0.0286. The first kappa shape index (κ1) is 22.9. The van der Waals surface area contributed by atoms with E-state index in [9.17, 15) is 19.7 Å². The van der Waals surface area contributed by atoms with Gasteiger partial charge < -0.3 is 10.2 Å². The molecule has 2 amide bonds. The summed E-state index contributed by atoms with van der Waals surface area (Å²) in [6.07, 6.45) is 4.40. The number of carbonyl (C=O) groups excluding carboxylic acids is 2. The number of piperazine rings is 1. The third kappa shape index (κ3) is 5.39. The number of benzene rings is 2. The van der Waals surface area contributed by atoms with Gasteiger partial charge in [0.2, 0.25) is 5.91 Å². The summed E-state index contributed by atoms with van der Waals surface area (Å²) in [6, 6.07) is 13.4. The molecule has 2 fully saturated rings. The standard InChI is InChI=1S/C25H30N4O4/c1-18-6-10-21(11-7-18)26-24(30)23(19-4-2-3-5-19)27-14-16-28(17-15-27)25(31)20-8-12-22(13-9-20)29(32)33/h6-13,19,23H,2-5,14-17H2,1H3,(H,26,30)/t23-/m1/s1. The van der Waals surface area contributed by atoms with Gasteiger partial charge in [0.1, 0.15) is 0 Å². The van der Waals surface area contributed by atoms with E-state index in [0.717, 1.165) is 36.9 Å². The molecule has 1 N–H and O–H groups in total. The van der Waals surface area contributed by atoms with Gasteiger partial charge in [0.05, 0.1) is 11.0 Å². The topological polar surface area (TPSA) is 95.8 Å². The van der Waals surface area contributed by atoms with E-state index >= 15 is 0 Å². The summed E-state index contributed by atoms with van der Waals surface area (Å²) in [5.41, 5.74) is 2.36. The Hall–Kier alpha value is -3.26. The molecule has 1 aliphatic carbocycles. The number of amides is 2. The Labute approximate surface area is 193 Å². The van der Waals surface area contributed by atoms with Crippen molar-refractivity contribution in [3.8, 4) is 0 Å². The smallest absolute Gasteiger partial charge is 0.269 e. The van der Waals surface area contributed by atoms with Crippen LogP contribution in [0.2, 0.25) is 0 Å². The fraction of sp³-hybridized carbons (Fsp3) is 0.440. The summed E-state index contributed by atoms with van der Waals surface area (Å²) in [4.78, 5) is 40.6. The highest BCUT2D eigenvalue weighted by molar-refractivity contribution is 5.95. The van der Waals surface area contributed by atoms with E-state index in [0.29, 0.717) is 37.7 Å². The van der Waals surface area contributed by atoms with Crippen molar-refractivity contribution >= 4 is 23.2 Å². The predicted octanol–water partition coefficient (Wildman–Crippen LogP) is 3.86. The number of hydrogen-bond acceptors (Lipinski definition) is 5. The van der Waals surface area contributed by atoms with E-state index in [-0.39, 0.29) is 23.5 Å². The van der Waals surface area contributed by atoms with Crippen LogP contribution in [0.3, 0.4) is 0 Å². The lowest BCUT2D eigenvalue weighted by atomic mass is 9.94. The third-order valence-electron chi connectivity index (χ3n) is 6.75. The lowest BCUT2D eigenvalue weighted by Gasteiger charge is -2.40. The van der Waals surface area contributed by atoms with E-state index in [1.54, 1.807) is 4.90 Å². The number of nitro groups is 1. The van der Waals surface area contributed by atoms with Gasteiger partial charge in [-0.1, -0.05) is 30.5 Å². The van der Waals surface area contributed by atoms with Crippen molar-refractivity contribution in [2.75, 3.05) is 31.5 Å². The van der Waals surface area contributed by atoms with Gasteiger partial charge in [-0.3, -0.25) is 24.6 Å². The number of hydrogen-bond donors (Lipinski definition) is 1. The zero-order valence-corrected chi connectivity index (χ0v) is 18.9. The molecule has 8 nitrogen and oxygen atoms in total. The molecule has 0 bridgehead atoms. The van der Waals surface area contributed by atoms with Gasteiger partial charge in [-0.25, -0.2) is 0 Å². The zero-order chi connectivity index (χ0) is 23.4. The van der Waals surface area contributed by atoms with Gasteiger partial charge in [0, 0.05) is 49.6 Å². The van der Waals surface area contributed by atoms with E-state index in [2.05, 4.69) is 10.2 Å². The summed E-state index contributed by atoms with van der Waals surface area (Å²) >= 11 is 0. The number of nitrogens with one attached hydrogen (secondary N) is 1. The lowest BCUT2D eigenvalue weighted by Crippen LogP contribution is -2.56. The normalized spacial score (nSPS) is 18.2. The number of anilines is 1. The van der Waals surface area contributed by atoms with Gasteiger partial charge in [-0.05, 0) is 49.9 Å². The number of aryl methyl sites for hydroxylation is 1. The maximum Gasteiger partial charge on any atom is 0.269 e. The molecule has 0 radical (unpaired) electrons. The average molecular weight is 451 g/mol. The van der Waals surface area contributed by atoms with Crippen LogP contribution in [-0.4, -0.2) is 58.8 Å². The quantitative estimate of drug-likeness (QED) is 0.533. The largest absolute Gasteiger partial charge is 0.336 e. The van der Waals surface area contributed by atoms with Crippen LogP contribution < -0.4 is 5.32 Å². The summed E-state index contributed by atoms with van der Waals surface area (Å²) < 4.78 is 0. The Bertz CT molecular complexity index is 992. The fourth-order valence-electron chi connectivity index (χ4n) is 4.92. The lowest BCUT2D eigenvalue weighted by molar-refractivity contribution is -0.384. The van der Waals surface area contributed by atoms with Crippen molar-refractivity contribution in [2.45, 2.75) is 38.6 Å². The first-order chi connectivity index (χ1) is 15.9. The molecular weight excluding hydrogens is 420 g/mol. The van der Waals surface area contributed by atoms with Gasteiger partial charge in [-0.15, -0.1) is 0 Å². The van der Waals surface area contributed by atoms with Gasteiger partial charge >= 0.3 is 0 Å². The predicted molar refractivity (Wildman–Crippen MR) is 126 cm³/mol. The summed E-state index contributed by atoms with van der Waals surface area (Å²) in [5.74, 6) is 0.222. The second-order valence-corrected chi connectivity index (χ2v) is 8.98. The Kier molecular flexibility index (Phi) is 7.03. The highest BCUT2D eigenvalue weighted by Crippen LogP contribution is 2.32. The zero-order valence-electron chi connectivity index (χ0n) is 18.9. The van der Waals surface area contributed by atoms with Crippen molar-refractivity contribution in [2.24, 2.45) is 5.92 Å². The van der Waals surface area contributed by atoms with Crippen LogP contribution >= 0.6 is 0 Å². The minimum Gasteiger partial charge on any atom is -0.336 e. The molecule has 1 atom stereocenters. The number of nitro benzene ring substituents is 1. The van der Waals surface area contributed by atoms with Crippen molar-refractivity contribution < 1.29 is 14.5 Å². The first-order valence-corrected chi connectivity index (χ1v) is 11.6. The molecule has 2 aromatic carbocycles. The Morgan fingerprint density at radius 1 is 0.970 bits per heavy atom. The van der Waals surface area contributed by atoms with Gasteiger partial charge in [-0.2, -0.15) is 0 Å². The molecule has 1 heterocycles. The van der Waals surface area contributed by atoms with E-state index < -0.39 is 4.92 Å². The second kappa shape index (κ2) is 10.1. The average Bonchev–Trinajstić information content (AvgIpc) is 3.35. The highest BCUT2D eigenvalue weighted by Gasteiger charge is 2.37. The van der Waals surface area contributed by atoms with Crippen molar-refractivity contribution in [3.63, 3.8) is 0 Å². The molecule has 2 aliphatic rings. The van der Waals surface area contributed by atoms with E-state index in [1.807, 2.05) is 31.2 Å². The third-order valence-corrected chi connectivity index (χ3v) is 6.75. The first-order valence-electron chi connectivity index (χ1n) is 11.6. The van der Waals surface area contributed by atoms with E-state index in [1.165, 1.54) is 24.3 Å². The molecular formula is C25H30N4O4. The summed E-state index contributed by atoms with van der Waals surface area (Å²) in [6.45, 7) is 4.32. The molecule has 1 aliphatic heterocycles. The number of nitrogens with zero attached hydrogens (tertiary/aromatic N) is 3. The summed E-state index contributed by atoms with van der Waals surface area (Å²) in [7, 11) is 0. The van der Waals surface area contributed by atoms with Crippen LogP contribution in [0.25, 0.3) is 0 Å². The molecule has 0 spiro atoms. The second-order valence-electron chi connectivity index (χ2n) is 8.98. The molecule has 0 unspecified atom stereocenters. The molecule has 33 heavy (non-hydrogen) atoms. The van der Waals surface area contributed by atoms with Gasteiger partial charge in [0.15, 0.2) is 0 Å². The Balaban J connectivity index is 1.41. The fourth-order valence-corrected chi connectivity index (χ4v) is 4.92. The Morgan fingerprint density at radius 3 is 2.15 bits per heavy atom. The van der Waals surface area contributed by atoms with Crippen molar-refractivity contribution in [1.29, 1.82) is 0 Å². The molecule has 0 aromatic heterocycles. The Morgan fingerprint density at radius 2 is 1.58 bits per heavy atom. The monoisotopic (exact) mass is 450 g/mol. The highest BCUT2D eigenvalue weighted by atomic mass is 16.6. The molecule has 1 saturated heterocycles. The van der Waals surface area contributed by atoms with Crippen LogP contribution in [0.5, 0.6) is 0 Å². The van der Waals surface area contributed by atoms with Crippen molar-refractivity contribution in [1.82, 2.24) is 9.80 Å². The van der Waals surface area contributed by atoms with Gasteiger partial charge in [0.25, 0.3) is 11.6 Å². The minimum atomic E-state index is -0.474. The molecule has 174 valence electrons. The molecule has 2 aromatic rings. The SMILES string of the molecule is Cc1ccc(NC(=O)[C@@H](C2CCCC2)N2CCN(C(=O)c3ccc([N+](=O)[O-])cc3)CC2)cc1. The van der Waals surface area contributed by atoms with E-state index in [4.69, 9.17) is 0 Å². The maximum atomic E-state index is 13.3. The van der Waals surface area contributed by atoms with Crippen LogP contribution in [0.15, 0.2) is 48.5 Å². The van der Waals surface area contributed by atoms with Crippen LogP contribution in [0.1, 0.15) is 41.6 Å². The van der Waals surface area contributed by atoms with Crippen molar-refractivity contribution in [3.05, 3.63) is 69.8 Å². The molecule has 8 heteroatoms.